The number of aliphatic hydroxyl groups is 1. The molecular weight excluding hydrogens is 194 g/mol. The third-order valence-corrected chi connectivity index (χ3v) is 3.31. The van der Waals surface area contributed by atoms with E-state index in [-0.39, 0.29) is 6.04 Å². The molecule has 0 bridgehead atoms. The molecule has 0 amide bonds. The summed E-state index contributed by atoms with van der Waals surface area (Å²) < 4.78 is 4.91. The van der Waals surface area contributed by atoms with Crippen molar-refractivity contribution in [2.75, 3.05) is 13.2 Å². The summed E-state index contributed by atoms with van der Waals surface area (Å²) in [6, 6.07) is 0.871. The smallest absolute Gasteiger partial charge is 0.339 e. The van der Waals surface area contributed by atoms with Crippen molar-refractivity contribution < 1.29 is 14.6 Å². The molecule has 4 nitrogen and oxygen atoms in total. The second kappa shape index (κ2) is 3.76. The first kappa shape index (κ1) is 10.9. The van der Waals surface area contributed by atoms with E-state index in [1.165, 1.54) is 12.8 Å². The summed E-state index contributed by atoms with van der Waals surface area (Å²) in [5, 5.41) is 10.2. The average molecular weight is 213 g/mol. The van der Waals surface area contributed by atoms with E-state index in [9.17, 15) is 9.90 Å². The van der Waals surface area contributed by atoms with Crippen LogP contribution in [0.2, 0.25) is 0 Å². The lowest BCUT2D eigenvalue weighted by Crippen LogP contribution is -2.43. The van der Waals surface area contributed by atoms with Crippen molar-refractivity contribution in [1.29, 1.82) is 0 Å². The number of β-amino-alcohol motifs (C(OH)–C–C–N with tert-alkyl or cyclic N) is 1. The molecule has 1 heterocycles. The van der Waals surface area contributed by atoms with Gasteiger partial charge in [-0.05, 0) is 26.7 Å². The highest BCUT2D eigenvalue weighted by molar-refractivity contribution is 5.80. The van der Waals surface area contributed by atoms with Gasteiger partial charge in [-0.3, -0.25) is 4.90 Å². The Morgan fingerprint density at radius 3 is 2.80 bits per heavy atom. The van der Waals surface area contributed by atoms with Crippen LogP contribution in [-0.4, -0.2) is 46.8 Å². The van der Waals surface area contributed by atoms with E-state index in [1.807, 2.05) is 0 Å². The molecule has 2 unspecified atom stereocenters. The monoisotopic (exact) mass is 213 g/mol. The predicted octanol–water partition coefficient (Wildman–Crippen LogP) is 0.537. The first-order valence-electron chi connectivity index (χ1n) is 5.72. The van der Waals surface area contributed by atoms with Gasteiger partial charge in [0.1, 0.15) is 0 Å². The van der Waals surface area contributed by atoms with Gasteiger partial charge in [0.2, 0.25) is 0 Å². The maximum Gasteiger partial charge on any atom is 0.339 e. The van der Waals surface area contributed by atoms with Crippen LogP contribution in [0.3, 0.4) is 0 Å². The Morgan fingerprint density at radius 1 is 1.60 bits per heavy atom. The Bertz CT molecular complexity index is 265. The molecule has 4 heteroatoms. The lowest BCUT2D eigenvalue weighted by atomic mass is 10.0. The van der Waals surface area contributed by atoms with Crippen LogP contribution in [0.5, 0.6) is 0 Å². The lowest BCUT2D eigenvalue weighted by Gasteiger charge is -2.21. The number of likely N-dealkylation sites (tertiary alicyclic amines) is 1. The molecule has 1 saturated carbocycles. The van der Waals surface area contributed by atoms with E-state index in [0.717, 1.165) is 0 Å². The van der Waals surface area contributed by atoms with Gasteiger partial charge in [0.25, 0.3) is 0 Å². The molecule has 2 aliphatic rings. The molecule has 86 valence electrons. The number of ether oxygens (including phenoxy) is 1. The molecule has 2 atom stereocenters. The summed E-state index contributed by atoms with van der Waals surface area (Å²) in [6.07, 6.45) is 2.90. The topological polar surface area (TPSA) is 49.8 Å². The maximum atomic E-state index is 11.6. The number of rotatable bonds is 3. The molecule has 2 fully saturated rings. The second-order valence-electron chi connectivity index (χ2n) is 4.71. The Labute approximate surface area is 90.2 Å². The first-order chi connectivity index (χ1) is 7.07. The lowest BCUT2D eigenvalue weighted by molar-refractivity contribution is -0.163. The Hall–Kier alpha value is -0.610. The number of carbonyl (C=O) groups excluding carboxylic acids is 1. The fraction of sp³-hybridized carbons (Fsp3) is 0.909. The predicted molar refractivity (Wildman–Crippen MR) is 55.4 cm³/mol. The van der Waals surface area contributed by atoms with Gasteiger partial charge in [0, 0.05) is 25.0 Å². The van der Waals surface area contributed by atoms with Gasteiger partial charge in [-0.15, -0.1) is 0 Å². The molecule has 1 saturated heterocycles. The van der Waals surface area contributed by atoms with Crippen molar-refractivity contribution in [3.05, 3.63) is 0 Å². The van der Waals surface area contributed by atoms with Gasteiger partial charge < -0.3 is 9.84 Å². The highest BCUT2D eigenvalue weighted by atomic mass is 16.5. The summed E-state index contributed by atoms with van der Waals surface area (Å²) in [6.45, 7) is 4.60. The molecule has 1 N–H and O–H groups in total. The van der Waals surface area contributed by atoms with Crippen LogP contribution in [-0.2, 0) is 9.53 Å². The van der Waals surface area contributed by atoms with Gasteiger partial charge >= 0.3 is 5.97 Å². The van der Waals surface area contributed by atoms with Gasteiger partial charge in [0.05, 0.1) is 6.61 Å². The van der Waals surface area contributed by atoms with Crippen molar-refractivity contribution in [2.24, 2.45) is 0 Å². The minimum atomic E-state index is -1.27. The Kier molecular flexibility index (Phi) is 2.73. The number of nitrogens with zero attached hydrogens (tertiary/aromatic N) is 1. The zero-order valence-corrected chi connectivity index (χ0v) is 9.40. The van der Waals surface area contributed by atoms with Crippen LogP contribution in [0.25, 0.3) is 0 Å². The van der Waals surface area contributed by atoms with Crippen LogP contribution in [0.15, 0.2) is 0 Å². The summed E-state index contributed by atoms with van der Waals surface area (Å²) in [7, 11) is 0. The fourth-order valence-corrected chi connectivity index (χ4v) is 2.44. The van der Waals surface area contributed by atoms with Crippen LogP contribution in [0.4, 0.5) is 0 Å². The van der Waals surface area contributed by atoms with Crippen LogP contribution >= 0.6 is 0 Å². The number of hydrogen-bond donors (Lipinski definition) is 1. The van der Waals surface area contributed by atoms with Gasteiger partial charge in [-0.25, -0.2) is 4.79 Å². The Morgan fingerprint density at radius 2 is 2.27 bits per heavy atom. The highest BCUT2D eigenvalue weighted by Crippen LogP contribution is 2.37. The molecule has 0 spiro atoms. The van der Waals surface area contributed by atoms with E-state index < -0.39 is 11.6 Å². The number of esters is 1. The largest absolute Gasteiger partial charge is 0.464 e. The SMILES string of the molecule is CCOC(=O)C1(O)CC(C)N(C2CC2)C1. The fourth-order valence-electron chi connectivity index (χ4n) is 2.44. The molecule has 1 aliphatic heterocycles. The van der Waals surface area contributed by atoms with E-state index >= 15 is 0 Å². The number of hydrogen-bond acceptors (Lipinski definition) is 4. The standard InChI is InChI=1S/C11H19NO3/c1-3-15-10(13)11(14)6-8(2)12(7-11)9-4-5-9/h8-9,14H,3-7H2,1-2H3. The van der Waals surface area contributed by atoms with Crippen molar-refractivity contribution in [1.82, 2.24) is 4.90 Å². The highest BCUT2D eigenvalue weighted by Gasteiger charge is 2.51. The molecule has 2 rings (SSSR count). The second-order valence-corrected chi connectivity index (χ2v) is 4.71. The molecule has 1 aliphatic carbocycles. The van der Waals surface area contributed by atoms with Crippen molar-refractivity contribution in [2.45, 2.75) is 50.8 Å². The van der Waals surface area contributed by atoms with E-state index in [4.69, 9.17) is 4.74 Å². The zero-order chi connectivity index (χ0) is 11.1. The summed E-state index contributed by atoms with van der Waals surface area (Å²) in [5.41, 5.74) is -1.27. The van der Waals surface area contributed by atoms with Crippen molar-refractivity contribution in [3.8, 4) is 0 Å². The third-order valence-electron chi connectivity index (χ3n) is 3.31. The normalized spacial score (nSPS) is 36.9. The molecular formula is C11H19NO3. The molecule has 0 aromatic heterocycles. The minimum absolute atomic E-state index is 0.284. The van der Waals surface area contributed by atoms with Crippen molar-refractivity contribution >= 4 is 5.97 Å². The quantitative estimate of drug-likeness (QED) is 0.695. The van der Waals surface area contributed by atoms with Gasteiger partial charge in [0.15, 0.2) is 5.60 Å². The van der Waals surface area contributed by atoms with Gasteiger partial charge in [-0.1, -0.05) is 0 Å². The Balaban J connectivity index is 2.01. The van der Waals surface area contributed by atoms with Gasteiger partial charge in [-0.2, -0.15) is 0 Å². The number of carbonyl (C=O) groups is 1. The maximum absolute atomic E-state index is 11.6. The first-order valence-corrected chi connectivity index (χ1v) is 5.72. The van der Waals surface area contributed by atoms with E-state index in [2.05, 4.69) is 11.8 Å². The van der Waals surface area contributed by atoms with Crippen LogP contribution in [0.1, 0.15) is 33.1 Å². The van der Waals surface area contributed by atoms with Crippen LogP contribution < -0.4 is 0 Å². The molecule has 0 aromatic rings. The van der Waals surface area contributed by atoms with Crippen LogP contribution in [0, 0.1) is 0 Å². The molecule has 0 aromatic carbocycles. The average Bonchev–Trinajstić information content (AvgIpc) is 2.94. The van der Waals surface area contributed by atoms with E-state index in [1.54, 1.807) is 6.92 Å². The molecule has 0 radical (unpaired) electrons. The third kappa shape index (κ3) is 2.01. The summed E-state index contributed by atoms with van der Waals surface area (Å²) >= 11 is 0. The minimum Gasteiger partial charge on any atom is -0.464 e. The summed E-state index contributed by atoms with van der Waals surface area (Å²) in [5.74, 6) is -0.458. The molecule has 15 heavy (non-hydrogen) atoms. The van der Waals surface area contributed by atoms with Crippen molar-refractivity contribution in [3.63, 3.8) is 0 Å². The zero-order valence-electron chi connectivity index (χ0n) is 9.40. The van der Waals surface area contributed by atoms with E-state index in [0.29, 0.717) is 25.6 Å². The summed E-state index contributed by atoms with van der Waals surface area (Å²) in [4.78, 5) is 13.8.